The van der Waals surface area contributed by atoms with Crippen LogP contribution in [0.25, 0.3) is 0 Å². The number of para-hydroxylation sites is 2. The molecule has 1 atom stereocenters. The molecule has 0 spiro atoms. The van der Waals surface area contributed by atoms with Crippen LogP contribution in [0.15, 0.2) is 106 Å². The van der Waals surface area contributed by atoms with Gasteiger partial charge in [-0.3, -0.25) is 9.59 Å². The molecule has 43 heavy (non-hydrogen) atoms. The number of sulfonamides is 1. The van der Waals surface area contributed by atoms with E-state index < -0.39 is 34.5 Å². The summed E-state index contributed by atoms with van der Waals surface area (Å²) in [6.45, 7) is -0.530. The number of hydrogen-bond donors (Lipinski definition) is 1. The molecule has 1 aliphatic heterocycles. The van der Waals surface area contributed by atoms with Gasteiger partial charge < -0.3 is 15.0 Å². The van der Waals surface area contributed by atoms with Gasteiger partial charge in [0.1, 0.15) is 5.75 Å². The predicted octanol–water partition coefficient (Wildman–Crippen LogP) is 6.06. The summed E-state index contributed by atoms with van der Waals surface area (Å²) in [5, 5.41) is 3.52. The molecular formula is C31H26BrCl2N3O5S. The molecule has 1 aliphatic rings. The molecule has 0 unspecified atom stereocenters. The third-order valence-corrected chi connectivity index (χ3v) is 9.72. The lowest BCUT2D eigenvalue weighted by molar-refractivity contribution is -0.128. The van der Waals surface area contributed by atoms with E-state index in [0.29, 0.717) is 26.5 Å². The fraction of sp³-hybridized carbons (Fsp3) is 0.161. The molecule has 12 heteroatoms. The standard InChI is InChI=1S/C31H26BrCl2N3O5S/c32-23-11-14-25(15-12-23)43(40,41)36(18-22-10-13-24(33)16-26(22)34)20-30(38)37-19-29(42-28-9-5-4-8-27(28)37)31(39)35-17-21-6-2-1-3-7-21/h1-16,29H,17-20H2,(H,35,39)/t29-/m1/s1. The first-order chi connectivity index (χ1) is 20.6. The SMILES string of the molecule is O=C(NCc1ccccc1)[C@H]1CN(C(=O)CN(Cc2ccc(Cl)cc2Cl)S(=O)(=O)c2ccc(Br)cc2)c2ccccc2O1. The van der Waals surface area contributed by atoms with Gasteiger partial charge in [-0.05, 0) is 59.7 Å². The van der Waals surface area contributed by atoms with Crippen LogP contribution in [-0.4, -0.2) is 43.7 Å². The van der Waals surface area contributed by atoms with E-state index in [9.17, 15) is 18.0 Å². The van der Waals surface area contributed by atoms with Gasteiger partial charge in [-0.2, -0.15) is 4.31 Å². The fourth-order valence-corrected chi connectivity index (χ4v) is 6.66. The van der Waals surface area contributed by atoms with Crippen molar-refractivity contribution in [2.24, 2.45) is 0 Å². The molecule has 8 nitrogen and oxygen atoms in total. The molecule has 0 aliphatic carbocycles. The summed E-state index contributed by atoms with van der Waals surface area (Å²) in [5.41, 5.74) is 1.82. The number of anilines is 1. The number of ether oxygens (including phenoxy) is 1. The Balaban J connectivity index is 1.42. The van der Waals surface area contributed by atoms with E-state index in [4.69, 9.17) is 27.9 Å². The van der Waals surface area contributed by atoms with E-state index in [0.717, 1.165) is 9.87 Å². The number of amides is 2. The molecule has 0 fully saturated rings. The number of hydrogen-bond acceptors (Lipinski definition) is 5. The molecule has 0 saturated carbocycles. The van der Waals surface area contributed by atoms with Gasteiger partial charge in [-0.1, -0.05) is 87.7 Å². The van der Waals surface area contributed by atoms with Gasteiger partial charge in [-0.25, -0.2) is 8.42 Å². The molecule has 0 radical (unpaired) electrons. The fourth-order valence-electron chi connectivity index (χ4n) is 4.56. The van der Waals surface area contributed by atoms with Crippen molar-refractivity contribution in [3.63, 3.8) is 0 Å². The number of carbonyl (C=O) groups is 2. The second kappa shape index (κ2) is 13.5. The molecule has 5 rings (SSSR count). The lowest BCUT2D eigenvalue weighted by Crippen LogP contribution is -2.52. The average molecular weight is 703 g/mol. The second-order valence-corrected chi connectivity index (χ2v) is 13.4. The summed E-state index contributed by atoms with van der Waals surface area (Å²) in [7, 11) is -4.16. The topological polar surface area (TPSA) is 96.0 Å². The third kappa shape index (κ3) is 7.39. The van der Waals surface area contributed by atoms with Crippen molar-refractivity contribution in [2.75, 3.05) is 18.0 Å². The number of carbonyl (C=O) groups excluding carboxylic acids is 2. The van der Waals surface area contributed by atoms with Crippen molar-refractivity contribution in [1.82, 2.24) is 9.62 Å². The van der Waals surface area contributed by atoms with Crippen LogP contribution < -0.4 is 15.0 Å². The van der Waals surface area contributed by atoms with Crippen LogP contribution in [0.5, 0.6) is 5.75 Å². The molecule has 0 aromatic heterocycles. The zero-order valence-corrected chi connectivity index (χ0v) is 26.5. The second-order valence-electron chi connectivity index (χ2n) is 9.74. The largest absolute Gasteiger partial charge is 0.477 e. The lowest BCUT2D eigenvalue weighted by atomic mass is 10.1. The van der Waals surface area contributed by atoms with Gasteiger partial charge in [0.05, 0.1) is 23.7 Å². The first-order valence-electron chi connectivity index (χ1n) is 13.2. The summed E-state index contributed by atoms with van der Waals surface area (Å²) >= 11 is 15.8. The predicted molar refractivity (Wildman–Crippen MR) is 170 cm³/mol. The Hall–Kier alpha value is -3.41. The zero-order chi connectivity index (χ0) is 30.6. The number of nitrogens with one attached hydrogen (secondary N) is 1. The molecular weight excluding hydrogens is 677 g/mol. The van der Waals surface area contributed by atoms with Crippen molar-refractivity contribution in [3.8, 4) is 5.75 Å². The van der Waals surface area contributed by atoms with E-state index >= 15 is 0 Å². The van der Waals surface area contributed by atoms with Gasteiger partial charge >= 0.3 is 0 Å². The zero-order valence-electron chi connectivity index (χ0n) is 22.6. The van der Waals surface area contributed by atoms with Gasteiger partial charge in [-0.15, -0.1) is 0 Å². The minimum atomic E-state index is -4.16. The highest BCUT2D eigenvalue weighted by atomic mass is 79.9. The Morgan fingerprint density at radius 1 is 0.953 bits per heavy atom. The van der Waals surface area contributed by atoms with Crippen molar-refractivity contribution in [3.05, 3.63) is 123 Å². The highest BCUT2D eigenvalue weighted by Crippen LogP contribution is 2.34. The Kier molecular flexibility index (Phi) is 9.73. The van der Waals surface area contributed by atoms with Gasteiger partial charge in [0.25, 0.3) is 5.91 Å². The van der Waals surface area contributed by atoms with Crippen LogP contribution in [0.3, 0.4) is 0 Å². The van der Waals surface area contributed by atoms with Crippen molar-refractivity contribution in [2.45, 2.75) is 24.1 Å². The summed E-state index contributed by atoms with van der Waals surface area (Å²) in [6.07, 6.45) is -1.01. The normalized spacial score (nSPS) is 14.6. The van der Waals surface area contributed by atoms with Crippen LogP contribution in [0, 0.1) is 0 Å². The van der Waals surface area contributed by atoms with E-state index in [2.05, 4.69) is 21.2 Å². The van der Waals surface area contributed by atoms with Crippen LogP contribution in [0.4, 0.5) is 5.69 Å². The molecule has 222 valence electrons. The summed E-state index contributed by atoms with van der Waals surface area (Å²) in [4.78, 5) is 28.5. The maximum Gasteiger partial charge on any atom is 0.263 e. The van der Waals surface area contributed by atoms with Crippen LogP contribution in [0.1, 0.15) is 11.1 Å². The third-order valence-electron chi connectivity index (χ3n) is 6.80. The van der Waals surface area contributed by atoms with E-state index in [1.54, 1.807) is 48.5 Å². The Labute approximate surface area is 268 Å². The molecule has 4 aromatic carbocycles. The lowest BCUT2D eigenvalue weighted by Gasteiger charge is -2.35. The number of rotatable bonds is 9. The van der Waals surface area contributed by atoms with Gasteiger partial charge in [0.2, 0.25) is 15.9 Å². The van der Waals surface area contributed by atoms with Gasteiger partial charge in [0.15, 0.2) is 6.10 Å². The first-order valence-corrected chi connectivity index (χ1v) is 16.2. The van der Waals surface area contributed by atoms with Crippen LogP contribution >= 0.6 is 39.1 Å². The maximum atomic E-state index is 14.0. The van der Waals surface area contributed by atoms with Crippen LogP contribution in [-0.2, 0) is 32.7 Å². The highest BCUT2D eigenvalue weighted by Gasteiger charge is 2.36. The first kappa shape index (κ1) is 31.0. The Morgan fingerprint density at radius 2 is 1.65 bits per heavy atom. The Morgan fingerprint density at radius 3 is 2.37 bits per heavy atom. The number of benzene rings is 4. The van der Waals surface area contributed by atoms with E-state index in [-0.39, 0.29) is 29.6 Å². The molecule has 1 heterocycles. The van der Waals surface area contributed by atoms with Crippen LogP contribution in [0.2, 0.25) is 10.0 Å². The summed E-state index contributed by atoms with van der Waals surface area (Å²) in [6, 6.07) is 27.1. The van der Waals surface area contributed by atoms with E-state index in [1.807, 2.05) is 30.3 Å². The monoisotopic (exact) mass is 701 g/mol. The minimum Gasteiger partial charge on any atom is -0.477 e. The number of halogens is 3. The highest BCUT2D eigenvalue weighted by molar-refractivity contribution is 9.10. The van der Waals surface area contributed by atoms with Crippen molar-refractivity contribution < 1.29 is 22.7 Å². The van der Waals surface area contributed by atoms with Gasteiger partial charge in [0, 0.05) is 27.6 Å². The molecule has 0 bridgehead atoms. The Bertz CT molecular complexity index is 1740. The van der Waals surface area contributed by atoms with E-state index in [1.165, 1.54) is 23.1 Å². The molecule has 4 aromatic rings. The van der Waals surface area contributed by atoms with Crippen molar-refractivity contribution in [1.29, 1.82) is 0 Å². The quantitative estimate of drug-likeness (QED) is 0.229. The smallest absolute Gasteiger partial charge is 0.263 e. The summed E-state index contributed by atoms with van der Waals surface area (Å²) < 4.78 is 35.5. The average Bonchev–Trinajstić information content (AvgIpc) is 3.00. The number of nitrogens with zero attached hydrogens (tertiary/aromatic N) is 2. The maximum absolute atomic E-state index is 14.0. The van der Waals surface area contributed by atoms with Crippen molar-refractivity contribution >= 4 is 66.7 Å². The minimum absolute atomic E-state index is 0.00845. The molecule has 2 amide bonds. The number of fused-ring (bicyclic) bond motifs is 1. The summed E-state index contributed by atoms with van der Waals surface area (Å²) in [5.74, 6) is -0.601. The molecule has 0 saturated heterocycles. The molecule has 1 N–H and O–H groups in total.